The van der Waals surface area contributed by atoms with E-state index in [1.807, 2.05) is 20.8 Å². The van der Waals surface area contributed by atoms with Crippen molar-refractivity contribution in [1.29, 1.82) is 0 Å². The zero-order valence-corrected chi connectivity index (χ0v) is 10.3. The molecule has 88 valence electrons. The number of esters is 1. The molecule has 0 aliphatic heterocycles. The molecular formula is C13H18O3. The first-order valence-electron chi connectivity index (χ1n) is 5.47. The lowest BCUT2D eigenvalue weighted by atomic mass is 9.72. The van der Waals surface area contributed by atoms with Gasteiger partial charge < -0.3 is 4.74 Å². The highest BCUT2D eigenvalue weighted by Gasteiger charge is 2.31. The summed E-state index contributed by atoms with van der Waals surface area (Å²) in [7, 11) is 0. The van der Waals surface area contributed by atoms with Gasteiger partial charge in [-0.2, -0.15) is 0 Å². The van der Waals surface area contributed by atoms with Gasteiger partial charge in [-0.15, -0.1) is 0 Å². The number of ether oxygens (including phenoxy) is 1. The van der Waals surface area contributed by atoms with E-state index in [1.165, 1.54) is 6.08 Å². The first-order chi connectivity index (χ1) is 7.36. The van der Waals surface area contributed by atoms with E-state index in [1.54, 1.807) is 13.0 Å². The van der Waals surface area contributed by atoms with E-state index in [-0.39, 0.29) is 17.2 Å². The van der Waals surface area contributed by atoms with Crippen LogP contribution in [0.5, 0.6) is 0 Å². The highest BCUT2D eigenvalue weighted by Crippen LogP contribution is 2.38. The Morgan fingerprint density at radius 3 is 2.69 bits per heavy atom. The van der Waals surface area contributed by atoms with Crippen LogP contribution in [-0.2, 0) is 14.3 Å². The van der Waals surface area contributed by atoms with Crippen molar-refractivity contribution in [2.24, 2.45) is 5.41 Å². The Kier molecular flexibility index (Phi) is 3.68. The van der Waals surface area contributed by atoms with Crippen LogP contribution in [0.1, 0.15) is 34.1 Å². The van der Waals surface area contributed by atoms with Crippen LogP contribution in [0.3, 0.4) is 0 Å². The summed E-state index contributed by atoms with van der Waals surface area (Å²) in [6.07, 6.45) is 3.54. The van der Waals surface area contributed by atoms with Crippen LogP contribution < -0.4 is 0 Å². The molecule has 3 heteroatoms. The van der Waals surface area contributed by atoms with Crippen molar-refractivity contribution in [2.75, 3.05) is 6.61 Å². The van der Waals surface area contributed by atoms with Crippen molar-refractivity contribution in [3.63, 3.8) is 0 Å². The molecule has 16 heavy (non-hydrogen) atoms. The maximum Gasteiger partial charge on any atom is 0.331 e. The summed E-state index contributed by atoms with van der Waals surface area (Å²) >= 11 is 0. The van der Waals surface area contributed by atoms with E-state index in [9.17, 15) is 9.59 Å². The van der Waals surface area contributed by atoms with Gasteiger partial charge in [-0.3, -0.25) is 4.79 Å². The van der Waals surface area contributed by atoms with Crippen molar-refractivity contribution < 1.29 is 14.3 Å². The Morgan fingerprint density at radius 1 is 1.56 bits per heavy atom. The fourth-order valence-corrected chi connectivity index (χ4v) is 2.05. The molecule has 0 N–H and O–H groups in total. The molecule has 0 radical (unpaired) electrons. The Labute approximate surface area is 96.2 Å². The molecule has 1 rings (SSSR count). The van der Waals surface area contributed by atoms with Gasteiger partial charge in [0.2, 0.25) is 0 Å². The second kappa shape index (κ2) is 4.64. The molecule has 1 aliphatic carbocycles. The lowest BCUT2D eigenvalue weighted by Gasteiger charge is -2.31. The van der Waals surface area contributed by atoms with Gasteiger partial charge in [0.05, 0.1) is 6.61 Å². The Morgan fingerprint density at radius 2 is 2.19 bits per heavy atom. The maximum absolute atomic E-state index is 11.4. The topological polar surface area (TPSA) is 43.4 Å². The van der Waals surface area contributed by atoms with Crippen LogP contribution in [0.15, 0.2) is 23.3 Å². The van der Waals surface area contributed by atoms with Crippen LogP contribution in [0.2, 0.25) is 0 Å². The van der Waals surface area contributed by atoms with E-state index in [0.717, 1.165) is 11.1 Å². The van der Waals surface area contributed by atoms with Crippen LogP contribution >= 0.6 is 0 Å². The average Bonchev–Trinajstić information content (AvgIpc) is 2.10. The lowest BCUT2D eigenvalue weighted by Crippen LogP contribution is -2.25. The van der Waals surface area contributed by atoms with Crippen molar-refractivity contribution in [3.05, 3.63) is 23.3 Å². The molecule has 0 heterocycles. The molecule has 0 saturated carbocycles. The molecule has 0 aromatic heterocycles. The monoisotopic (exact) mass is 222 g/mol. The fourth-order valence-electron chi connectivity index (χ4n) is 2.05. The molecule has 0 saturated heterocycles. The van der Waals surface area contributed by atoms with Gasteiger partial charge in [-0.05, 0) is 36.5 Å². The van der Waals surface area contributed by atoms with E-state index in [4.69, 9.17) is 4.74 Å². The summed E-state index contributed by atoms with van der Waals surface area (Å²) in [5.74, 6) is -0.226. The van der Waals surface area contributed by atoms with Gasteiger partial charge in [0.15, 0.2) is 5.78 Å². The quantitative estimate of drug-likeness (QED) is 0.532. The standard InChI is InChI=1S/C13H18O3/c1-5-16-12(15)7-11-9(2)6-10(14)8-13(11,3)4/h6-7H,5,8H2,1-4H3/b11-7+. The van der Waals surface area contributed by atoms with Crippen molar-refractivity contribution in [1.82, 2.24) is 0 Å². The van der Waals surface area contributed by atoms with Crippen LogP contribution in [-0.4, -0.2) is 18.4 Å². The van der Waals surface area contributed by atoms with E-state index < -0.39 is 0 Å². The summed E-state index contributed by atoms with van der Waals surface area (Å²) in [5, 5.41) is 0. The Balaban J connectivity index is 3.05. The first kappa shape index (κ1) is 12.7. The maximum atomic E-state index is 11.4. The zero-order valence-electron chi connectivity index (χ0n) is 10.3. The van der Waals surface area contributed by atoms with E-state index in [0.29, 0.717) is 13.0 Å². The molecular weight excluding hydrogens is 204 g/mol. The molecule has 0 amide bonds. The molecule has 3 nitrogen and oxygen atoms in total. The minimum atomic E-state index is -0.340. The molecule has 0 atom stereocenters. The van der Waals surface area contributed by atoms with Gasteiger partial charge in [-0.1, -0.05) is 13.8 Å². The number of hydrogen-bond donors (Lipinski definition) is 0. The smallest absolute Gasteiger partial charge is 0.331 e. The van der Waals surface area contributed by atoms with Crippen LogP contribution in [0.25, 0.3) is 0 Å². The number of rotatable bonds is 2. The zero-order chi connectivity index (χ0) is 12.3. The Hall–Kier alpha value is -1.38. The molecule has 1 aliphatic rings. The predicted molar refractivity (Wildman–Crippen MR) is 61.9 cm³/mol. The van der Waals surface area contributed by atoms with Crippen molar-refractivity contribution in [3.8, 4) is 0 Å². The van der Waals surface area contributed by atoms with Gasteiger partial charge in [-0.25, -0.2) is 4.79 Å². The fraction of sp³-hybridized carbons (Fsp3) is 0.538. The largest absolute Gasteiger partial charge is 0.463 e. The van der Waals surface area contributed by atoms with Crippen LogP contribution in [0.4, 0.5) is 0 Å². The second-order valence-electron chi connectivity index (χ2n) is 4.66. The summed E-state index contributed by atoms with van der Waals surface area (Å²) in [4.78, 5) is 22.8. The molecule has 0 aromatic rings. The third kappa shape index (κ3) is 2.81. The predicted octanol–water partition coefficient (Wildman–Crippen LogP) is 2.42. The minimum absolute atomic E-state index is 0.114. The lowest BCUT2D eigenvalue weighted by molar-refractivity contribution is -0.137. The highest BCUT2D eigenvalue weighted by atomic mass is 16.5. The highest BCUT2D eigenvalue weighted by molar-refractivity contribution is 5.95. The summed E-state index contributed by atoms with van der Waals surface area (Å²) in [6, 6.07) is 0. The Bertz CT molecular complexity index is 373. The molecule has 0 bridgehead atoms. The third-order valence-corrected chi connectivity index (χ3v) is 2.70. The molecule has 0 unspecified atom stereocenters. The van der Waals surface area contributed by atoms with Crippen molar-refractivity contribution >= 4 is 11.8 Å². The van der Waals surface area contributed by atoms with Crippen LogP contribution in [0, 0.1) is 5.41 Å². The third-order valence-electron chi connectivity index (χ3n) is 2.70. The van der Waals surface area contributed by atoms with E-state index >= 15 is 0 Å². The summed E-state index contributed by atoms with van der Waals surface area (Å²) in [6.45, 7) is 7.92. The first-order valence-corrected chi connectivity index (χ1v) is 5.47. The normalized spacial score (nSPS) is 21.9. The number of carbonyl (C=O) groups excluding carboxylic acids is 2. The summed E-state index contributed by atoms with van der Waals surface area (Å²) in [5.41, 5.74) is 1.46. The number of hydrogen-bond acceptors (Lipinski definition) is 3. The number of allylic oxidation sites excluding steroid dienone is 3. The molecule has 0 spiro atoms. The number of ketones is 1. The van der Waals surface area contributed by atoms with Gasteiger partial charge >= 0.3 is 5.97 Å². The molecule has 0 fully saturated rings. The number of carbonyl (C=O) groups is 2. The second-order valence-corrected chi connectivity index (χ2v) is 4.66. The molecule has 0 aromatic carbocycles. The van der Waals surface area contributed by atoms with Gasteiger partial charge in [0.1, 0.15) is 0 Å². The summed E-state index contributed by atoms with van der Waals surface area (Å²) < 4.78 is 4.89. The van der Waals surface area contributed by atoms with Gasteiger partial charge in [0.25, 0.3) is 0 Å². The minimum Gasteiger partial charge on any atom is -0.463 e. The van der Waals surface area contributed by atoms with Crippen molar-refractivity contribution in [2.45, 2.75) is 34.1 Å². The average molecular weight is 222 g/mol. The SMILES string of the molecule is CCOC(=O)/C=C1\C(C)=CC(=O)CC1(C)C. The van der Waals surface area contributed by atoms with Gasteiger partial charge in [0, 0.05) is 12.5 Å². The van der Waals surface area contributed by atoms with E-state index in [2.05, 4.69) is 0 Å².